The van der Waals surface area contributed by atoms with Crippen molar-refractivity contribution in [2.75, 3.05) is 6.61 Å². The van der Waals surface area contributed by atoms with Gasteiger partial charge in [0.05, 0.1) is 6.61 Å². The Morgan fingerprint density at radius 1 is 1.38 bits per heavy atom. The molecule has 13 heavy (non-hydrogen) atoms. The maximum absolute atomic E-state index is 11.7. The van der Waals surface area contributed by atoms with Crippen molar-refractivity contribution >= 4 is 10.0 Å². The third kappa shape index (κ3) is 2.21. The number of hydrogen-bond acceptors (Lipinski definition) is 3. The average molecular weight is 207 g/mol. The third-order valence-electron chi connectivity index (χ3n) is 2.11. The zero-order chi connectivity index (χ0) is 10.3. The highest BCUT2D eigenvalue weighted by atomic mass is 32.2. The van der Waals surface area contributed by atoms with Crippen molar-refractivity contribution in [1.82, 2.24) is 4.72 Å². The summed E-state index contributed by atoms with van der Waals surface area (Å²) < 4.78 is 25.1. The summed E-state index contributed by atoms with van der Waals surface area (Å²) >= 11 is 0. The van der Waals surface area contributed by atoms with Gasteiger partial charge in [-0.05, 0) is 33.6 Å². The van der Waals surface area contributed by atoms with Gasteiger partial charge >= 0.3 is 0 Å². The molecule has 1 saturated carbocycles. The Balaban J connectivity index is 2.79. The highest BCUT2D eigenvalue weighted by Crippen LogP contribution is 2.42. The maximum atomic E-state index is 11.7. The summed E-state index contributed by atoms with van der Waals surface area (Å²) in [5.74, 6) is 0. The molecular formula is C8H17NO3S. The summed E-state index contributed by atoms with van der Waals surface area (Å²) in [4.78, 5) is 0. The van der Waals surface area contributed by atoms with Gasteiger partial charge in [0.25, 0.3) is 0 Å². The van der Waals surface area contributed by atoms with E-state index < -0.39 is 20.3 Å². The molecule has 0 aliphatic heterocycles. The quantitative estimate of drug-likeness (QED) is 0.696. The summed E-state index contributed by atoms with van der Waals surface area (Å²) in [7, 11) is -3.36. The van der Waals surface area contributed by atoms with Gasteiger partial charge in [-0.25, -0.2) is 13.1 Å². The van der Waals surface area contributed by atoms with Crippen LogP contribution >= 0.6 is 0 Å². The predicted octanol–water partition coefficient (Wildman–Crippen LogP) is 0.229. The topological polar surface area (TPSA) is 66.4 Å². The number of nitrogens with one attached hydrogen (secondary N) is 1. The van der Waals surface area contributed by atoms with E-state index in [1.807, 2.05) is 0 Å². The SMILES string of the molecule is CC(C)(C)NS(=O)(=O)C1(CO)CC1. The van der Waals surface area contributed by atoms with Crippen molar-refractivity contribution in [2.45, 2.75) is 43.9 Å². The Hall–Kier alpha value is -0.130. The highest BCUT2D eigenvalue weighted by molar-refractivity contribution is 7.91. The van der Waals surface area contributed by atoms with Crippen LogP contribution in [0.5, 0.6) is 0 Å². The normalized spacial score (nSPS) is 21.5. The van der Waals surface area contributed by atoms with Crippen LogP contribution in [0.25, 0.3) is 0 Å². The molecule has 4 nitrogen and oxygen atoms in total. The molecule has 1 fully saturated rings. The lowest BCUT2D eigenvalue weighted by atomic mass is 10.1. The van der Waals surface area contributed by atoms with E-state index in [0.29, 0.717) is 12.8 Å². The van der Waals surface area contributed by atoms with Crippen LogP contribution in [0, 0.1) is 0 Å². The molecule has 0 unspecified atom stereocenters. The van der Waals surface area contributed by atoms with Crippen LogP contribution < -0.4 is 4.72 Å². The minimum absolute atomic E-state index is 0.279. The first-order chi connectivity index (χ1) is 5.72. The maximum Gasteiger partial charge on any atom is 0.220 e. The smallest absolute Gasteiger partial charge is 0.220 e. The van der Waals surface area contributed by atoms with Gasteiger partial charge in [-0.15, -0.1) is 0 Å². The Kier molecular flexibility index (Phi) is 2.47. The zero-order valence-electron chi connectivity index (χ0n) is 8.29. The molecule has 0 saturated heterocycles. The fourth-order valence-electron chi connectivity index (χ4n) is 1.16. The molecule has 0 spiro atoms. The molecule has 1 aliphatic rings. The second-order valence-corrected chi connectivity index (χ2v) is 6.77. The predicted molar refractivity (Wildman–Crippen MR) is 50.9 cm³/mol. The number of rotatable bonds is 3. The number of sulfonamides is 1. The van der Waals surface area contributed by atoms with Crippen molar-refractivity contribution in [1.29, 1.82) is 0 Å². The fourth-order valence-corrected chi connectivity index (χ4v) is 2.99. The number of aliphatic hydroxyl groups excluding tert-OH is 1. The van der Waals surface area contributed by atoms with Crippen LogP contribution in [0.4, 0.5) is 0 Å². The average Bonchev–Trinajstić information content (AvgIpc) is 2.59. The van der Waals surface area contributed by atoms with Crippen LogP contribution in [0.1, 0.15) is 33.6 Å². The van der Waals surface area contributed by atoms with Gasteiger partial charge in [-0.2, -0.15) is 0 Å². The van der Waals surface area contributed by atoms with E-state index in [1.54, 1.807) is 20.8 Å². The molecule has 2 N–H and O–H groups in total. The summed E-state index contributed by atoms with van der Waals surface area (Å²) in [6, 6.07) is 0. The molecule has 0 bridgehead atoms. The Labute approximate surface area is 79.4 Å². The van der Waals surface area contributed by atoms with E-state index in [1.165, 1.54) is 0 Å². The molecule has 0 aromatic carbocycles. The largest absolute Gasteiger partial charge is 0.395 e. The lowest BCUT2D eigenvalue weighted by molar-refractivity contribution is 0.281. The molecule has 0 radical (unpaired) electrons. The van der Waals surface area contributed by atoms with E-state index in [2.05, 4.69) is 4.72 Å². The first-order valence-corrected chi connectivity index (χ1v) is 5.85. The van der Waals surface area contributed by atoms with E-state index in [-0.39, 0.29) is 6.61 Å². The summed E-state index contributed by atoms with van der Waals surface area (Å²) in [6.45, 7) is 5.09. The van der Waals surface area contributed by atoms with Crippen LogP contribution in [-0.2, 0) is 10.0 Å². The minimum Gasteiger partial charge on any atom is -0.395 e. The van der Waals surface area contributed by atoms with E-state index in [4.69, 9.17) is 5.11 Å². The second kappa shape index (κ2) is 2.93. The van der Waals surface area contributed by atoms with Crippen molar-refractivity contribution in [2.24, 2.45) is 0 Å². The minimum atomic E-state index is -3.36. The lowest BCUT2D eigenvalue weighted by Gasteiger charge is -2.24. The van der Waals surface area contributed by atoms with Crippen molar-refractivity contribution in [3.05, 3.63) is 0 Å². The van der Waals surface area contributed by atoms with Gasteiger partial charge in [0, 0.05) is 5.54 Å². The first-order valence-electron chi connectivity index (χ1n) is 4.37. The standard InChI is InChI=1S/C8H17NO3S/c1-7(2,3)9-13(11,12)8(6-10)4-5-8/h9-10H,4-6H2,1-3H3. The van der Waals surface area contributed by atoms with Crippen LogP contribution in [-0.4, -0.2) is 30.4 Å². The van der Waals surface area contributed by atoms with E-state index >= 15 is 0 Å². The monoisotopic (exact) mass is 207 g/mol. The molecular weight excluding hydrogens is 190 g/mol. The molecule has 0 aromatic heterocycles. The second-order valence-electron chi connectivity index (χ2n) is 4.70. The Morgan fingerprint density at radius 2 is 1.85 bits per heavy atom. The van der Waals surface area contributed by atoms with Crippen molar-refractivity contribution < 1.29 is 13.5 Å². The van der Waals surface area contributed by atoms with Crippen LogP contribution in [0.2, 0.25) is 0 Å². The molecule has 78 valence electrons. The van der Waals surface area contributed by atoms with Crippen molar-refractivity contribution in [3.63, 3.8) is 0 Å². The zero-order valence-corrected chi connectivity index (χ0v) is 9.11. The van der Waals surface area contributed by atoms with Gasteiger partial charge in [-0.1, -0.05) is 0 Å². The van der Waals surface area contributed by atoms with E-state index in [0.717, 1.165) is 0 Å². The van der Waals surface area contributed by atoms with Gasteiger partial charge in [0.1, 0.15) is 4.75 Å². The Bertz CT molecular complexity index is 285. The molecule has 1 aliphatic carbocycles. The molecule has 0 heterocycles. The van der Waals surface area contributed by atoms with Gasteiger partial charge in [0.15, 0.2) is 0 Å². The first kappa shape index (κ1) is 10.9. The lowest BCUT2D eigenvalue weighted by Crippen LogP contribution is -2.47. The Morgan fingerprint density at radius 3 is 2.08 bits per heavy atom. The van der Waals surface area contributed by atoms with Crippen LogP contribution in [0.3, 0.4) is 0 Å². The highest BCUT2D eigenvalue weighted by Gasteiger charge is 2.54. The van der Waals surface area contributed by atoms with E-state index in [9.17, 15) is 8.42 Å². The number of aliphatic hydroxyl groups is 1. The van der Waals surface area contributed by atoms with Gasteiger partial charge < -0.3 is 5.11 Å². The number of hydrogen-bond donors (Lipinski definition) is 2. The molecule has 0 aromatic rings. The fraction of sp³-hybridized carbons (Fsp3) is 1.00. The molecule has 5 heteroatoms. The molecule has 0 amide bonds. The van der Waals surface area contributed by atoms with Gasteiger partial charge in [-0.3, -0.25) is 0 Å². The third-order valence-corrected chi connectivity index (χ3v) is 4.67. The molecule has 0 atom stereocenters. The summed E-state index contributed by atoms with van der Waals surface area (Å²) in [5.41, 5.74) is -0.469. The summed E-state index contributed by atoms with van der Waals surface area (Å²) in [6.07, 6.45) is 1.13. The van der Waals surface area contributed by atoms with Gasteiger partial charge in [0.2, 0.25) is 10.0 Å². The van der Waals surface area contributed by atoms with Crippen molar-refractivity contribution in [3.8, 4) is 0 Å². The summed E-state index contributed by atoms with van der Waals surface area (Å²) in [5, 5.41) is 8.97. The van der Waals surface area contributed by atoms with Crippen LogP contribution in [0.15, 0.2) is 0 Å². The molecule has 1 rings (SSSR count).